The average Bonchev–Trinajstić information content (AvgIpc) is 3.10. The lowest BCUT2D eigenvalue weighted by molar-refractivity contribution is 1.15. The summed E-state index contributed by atoms with van der Waals surface area (Å²) in [5.74, 6) is 0. The number of fused-ring (bicyclic) bond motifs is 1. The molecule has 0 saturated heterocycles. The van der Waals surface area contributed by atoms with Gasteiger partial charge in [-0.3, -0.25) is 9.38 Å². The zero-order valence-corrected chi connectivity index (χ0v) is 13.1. The van der Waals surface area contributed by atoms with Crippen molar-refractivity contribution in [2.75, 3.05) is 0 Å². The molecule has 0 N–H and O–H groups in total. The largest absolute Gasteiger partial charge is 0.291 e. The van der Waals surface area contributed by atoms with E-state index >= 15 is 0 Å². The third-order valence-electron chi connectivity index (χ3n) is 4.00. The number of pyridine rings is 2. The minimum atomic E-state index is 0.480. The highest BCUT2D eigenvalue weighted by atomic mass is 15.0. The Morgan fingerprint density at radius 2 is 1.80 bits per heavy atom. The van der Waals surface area contributed by atoms with Gasteiger partial charge in [0, 0.05) is 29.1 Å². The third-order valence-corrected chi connectivity index (χ3v) is 4.00. The molecule has 25 heavy (non-hydrogen) atoms. The second kappa shape index (κ2) is 5.92. The summed E-state index contributed by atoms with van der Waals surface area (Å²) in [6.45, 7) is 0. The van der Waals surface area contributed by atoms with Crippen molar-refractivity contribution in [2.45, 2.75) is 0 Å². The first-order valence-electron chi connectivity index (χ1n) is 7.63. The zero-order chi connectivity index (χ0) is 17.2. The minimum absolute atomic E-state index is 0.480. The molecule has 0 radical (unpaired) electrons. The molecule has 5 nitrogen and oxygen atoms in total. The molecule has 0 aliphatic heterocycles. The molecular weight excluding hydrogens is 310 g/mol. The van der Waals surface area contributed by atoms with Crippen LogP contribution in [0.4, 0.5) is 0 Å². The fraction of sp³-hybridized carbons (Fsp3) is 0. The number of nitriles is 2. The van der Waals surface area contributed by atoms with Gasteiger partial charge in [0.2, 0.25) is 0 Å². The van der Waals surface area contributed by atoms with E-state index in [4.69, 9.17) is 5.26 Å². The van der Waals surface area contributed by atoms with Crippen molar-refractivity contribution >= 4 is 5.65 Å². The van der Waals surface area contributed by atoms with E-state index in [1.54, 1.807) is 22.9 Å². The highest BCUT2D eigenvalue weighted by Gasteiger charge is 2.11. The molecule has 3 aromatic heterocycles. The minimum Gasteiger partial charge on any atom is -0.291 e. The number of hydrogen-bond acceptors (Lipinski definition) is 4. The van der Waals surface area contributed by atoms with Gasteiger partial charge in [0.15, 0.2) is 0 Å². The highest BCUT2D eigenvalue weighted by Crippen LogP contribution is 2.30. The Bertz CT molecular complexity index is 1170. The summed E-state index contributed by atoms with van der Waals surface area (Å²) in [5.41, 5.74) is 5.31. The van der Waals surface area contributed by atoms with Gasteiger partial charge in [0.05, 0.1) is 23.5 Å². The van der Waals surface area contributed by atoms with E-state index in [-0.39, 0.29) is 0 Å². The van der Waals surface area contributed by atoms with Gasteiger partial charge in [-0.15, -0.1) is 0 Å². The Morgan fingerprint density at radius 1 is 0.880 bits per heavy atom. The van der Waals surface area contributed by atoms with Crippen LogP contribution in [0.2, 0.25) is 0 Å². The molecule has 0 aliphatic rings. The summed E-state index contributed by atoms with van der Waals surface area (Å²) in [7, 11) is 0. The fourth-order valence-corrected chi connectivity index (χ4v) is 2.83. The Balaban J connectivity index is 1.92. The van der Waals surface area contributed by atoms with Crippen molar-refractivity contribution in [3.8, 4) is 34.5 Å². The van der Waals surface area contributed by atoms with Crippen LogP contribution in [0.15, 0.2) is 67.1 Å². The number of hydrogen-bond donors (Lipinski definition) is 0. The lowest BCUT2D eigenvalue weighted by Gasteiger charge is -2.10. The second-order valence-electron chi connectivity index (χ2n) is 5.49. The molecule has 1 aromatic carbocycles. The quantitative estimate of drug-likeness (QED) is 0.562. The van der Waals surface area contributed by atoms with E-state index in [0.29, 0.717) is 11.3 Å². The van der Waals surface area contributed by atoms with Crippen LogP contribution >= 0.6 is 0 Å². The van der Waals surface area contributed by atoms with Crippen LogP contribution in [0.1, 0.15) is 11.3 Å². The van der Waals surface area contributed by atoms with Crippen molar-refractivity contribution < 1.29 is 0 Å². The molecule has 4 rings (SSSR count). The maximum Gasteiger partial charge on any atom is 0.144 e. The van der Waals surface area contributed by atoms with E-state index in [1.165, 1.54) is 0 Å². The van der Waals surface area contributed by atoms with Crippen molar-refractivity contribution in [3.63, 3.8) is 0 Å². The van der Waals surface area contributed by atoms with Crippen molar-refractivity contribution in [1.82, 2.24) is 14.4 Å². The molecule has 5 heteroatoms. The number of imidazole rings is 1. The molecule has 116 valence electrons. The molecule has 0 unspecified atom stereocenters. The Morgan fingerprint density at radius 3 is 2.64 bits per heavy atom. The number of aromatic nitrogens is 3. The summed E-state index contributed by atoms with van der Waals surface area (Å²) in [6.07, 6.45) is 5.17. The van der Waals surface area contributed by atoms with Gasteiger partial charge in [-0.1, -0.05) is 18.2 Å². The van der Waals surface area contributed by atoms with Crippen LogP contribution in [0.3, 0.4) is 0 Å². The van der Waals surface area contributed by atoms with Gasteiger partial charge in [0.25, 0.3) is 0 Å². The second-order valence-corrected chi connectivity index (χ2v) is 5.49. The van der Waals surface area contributed by atoms with Crippen LogP contribution in [0, 0.1) is 22.7 Å². The first-order chi connectivity index (χ1) is 12.3. The van der Waals surface area contributed by atoms with Crippen LogP contribution in [-0.2, 0) is 0 Å². The summed E-state index contributed by atoms with van der Waals surface area (Å²) in [6, 6.07) is 19.3. The van der Waals surface area contributed by atoms with Crippen LogP contribution in [-0.4, -0.2) is 14.4 Å². The number of nitrogens with zero attached hydrogens (tertiary/aromatic N) is 5. The molecule has 0 amide bonds. The summed E-state index contributed by atoms with van der Waals surface area (Å²) in [5, 5.41) is 18.4. The van der Waals surface area contributed by atoms with E-state index in [1.807, 2.05) is 48.7 Å². The predicted molar refractivity (Wildman–Crippen MR) is 93.3 cm³/mol. The molecule has 0 spiro atoms. The maximum absolute atomic E-state index is 9.22. The summed E-state index contributed by atoms with van der Waals surface area (Å²) < 4.78 is 1.76. The van der Waals surface area contributed by atoms with E-state index in [9.17, 15) is 5.26 Å². The molecule has 4 aromatic rings. The molecule has 3 heterocycles. The molecule has 0 saturated carbocycles. The van der Waals surface area contributed by atoms with Crippen molar-refractivity contribution in [3.05, 3.63) is 78.4 Å². The third kappa shape index (κ3) is 2.50. The standard InChI is InChI=1S/C20H11N5/c21-10-14-3-1-4-15(9-14)20-18(5-2-8-23-20)16-6-7-19-24-12-17(11-22)25(19)13-16/h1-9,12-13H. The highest BCUT2D eigenvalue weighted by molar-refractivity contribution is 5.81. The predicted octanol–water partition coefficient (Wildman–Crippen LogP) is 3.81. The number of benzene rings is 1. The molecular formula is C20H11N5. The van der Waals surface area contributed by atoms with Gasteiger partial charge in [-0.05, 0) is 30.3 Å². The molecule has 0 aliphatic carbocycles. The first kappa shape index (κ1) is 14.6. The van der Waals surface area contributed by atoms with Gasteiger partial charge < -0.3 is 0 Å². The molecule has 0 bridgehead atoms. The molecule has 0 fully saturated rings. The van der Waals surface area contributed by atoms with Gasteiger partial charge >= 0.3 is 0 Å². The maximum atomic E-state index is 9.22. The van der Waals surface area contributed by atoms with Crippen LogP contribution < -0.4 is 0 Å². The van der Waals surface area contributed by atoms with Gasteiger partial charge in [0.1, 0.15) is 17.4 Å². The lowest BCUT2D eigenvalue weighted by atomic mass is 9.99. The van der Waals surface area contributed by atoms with Crippen molar-refractivity contribution in [2.24, 2.45) is 0 Å². The first-order valence-corrected chi connectivity index (χ1v) is 7.63. The Labute approximate surface area is 144 Å². The lowest BCUT2D eigenvalue weighted by Crippen LogP contribution is -1.93. The topological polar surface area (TPSA) is 77.8 Å². The smallest absolute Gasteiger partial charge is 0.144 e. The van der Waals surface area contributed by atoms with Gasteiger partial charge in [-0.25, -0.2) is 4.98 Å². The van der Waals surface area contributed by atoms with Crippen molar-refractivity contribution in [1.29, 1.82) is 10.5 Å². The number of rotatable bonds is 2. The monoisotopic (exact) mass is 321 g/mol. The Hall–Kier alpha value is -3.96. The fourth-order valence-electron chi connectivity index (χ4n) is 2.83. The normalized spacial score (nSPS) is 10.3. The average molecular weight is 321 g/mol. The zero-order valence-electron chi connectivity index (χ0n) is 13.1. The van der Waals surface area contributed by atoms with Crippen LogP contribution in [0.25, 0.3) is 28.0 Å². The van der Waals surface area contributed by atoms with E-state index in [0.717, 1.165) is 28.0 Å². The SMILES string of the molecule is N#Cc1cccc(-c2ncccc2-c2ccc3ncc(C#N)n3c2)c1. The molecule has 0 atom stereocenters. The summed E-state index contributed by atoms with van der Waals surface area (Å²) >= 11 is 0. The van der Waals surface area contributed by atoms with E-state index < -0.39 is 0 Å². The Kier molecular flexibility index (Phi) is 3.46. The van der Waals surface area contributed by atoms with Crippen LogP contribution in [0.5, 0.6) is 0 Å². The van der Waals surface area contributed by atoms with Gasteiger partial charge in [-0.2, -0.15) is 10.5 Å². The van der Waals surface area contributed by atoms with E-state index in [2.05, 4.69) is 22.1 Å². The summed E-state index contributed by atoms with van der Waals surface area (Å²) in [4.78, 5) is 8.73.